The molecule has 1 aromatic carbocycles. The van der Waals surface area contributed by atoms with Crippen LogP contribution < -0.4 is 16.2 Å². The lowest BCUT2D eigenvalue weighted by Gasteiger charge is -2.23. The molecule has 0 aliphatic carbocycles. The molecule has 160 valence electrons. The Labute approximate surface area is 174 Å². The van der Waals surface area contributed by atoms with Crippen LogP contribution in [0.25, 0.3) is 10.8 Å². The summed E-state index contributed by atoms with van der Waals surface area (Å²) < 4.78 is 1.30. The predicted octanol–water partition coefficient (Wildman–Crippen LogP) is 0.519. The molecule has 1 aliphatic heterocycles. The maximum atomic E-state index is 12.9. The molecule has 9 nitrogen and oxygen atoms in total. The van der Waals surface area contributed by atoms with Crippen LogP contribution in [-0.4, -0.2) is 58.6 Å². The second-order valence-electron chi connectivity index (χ2n) is 7.82. The van der Waals surface area contributed by atoms with Gasteiger partial charge in [0.15, 0.2) is 5.69 Å². The quantitative estimate of drug-likeness (QED) is 0.717. The lowest BCUT2D eigenvalue weighted by Crippen LogP contribution is -2.48. The summed E-state index contributed by atoms with van der Waals surface area (Å²) in [5.74, 6) is -0.895. The van der Waals surface area contributed by atoms with Gasteiger partial charge in [-0.1, -0.05) is 32.0 Å². The Morgan fingerprint density at radius 3 is 2.57 bits per heavy atom. The number of carbonyl (C=O) groups is 3. The maximum Gasteiger partial charge on any atom is 0.274 e. The Morgan fingerprint density at radius 1 is 1.20 bits per heavy atom. The van der Waals surface area contributed by atoms with Gasteiger partial charge in [0.05, 0.1) is 11.9 Å². The van der Waals surface area contributed by atoms with Crippen molar-refractivity contribution in [2.24, 2.45) is 5.92 Å². The summed E-state index contributed by atoms with van der Waals surface area (Å²) in [6.45, 7) is 4.53. The molecule has 1 saturated heterocycles. The number of nitrogens with one attached hydrogen (secondary N) is 2. The van der Waals surface area contributed by atoms with Gasteiger partial charge in [0, 0.05) is 25.5 Å². The Morgan fingerprint density at radius 2 is 1.90 bits per heavy atom. The Kier molecular flexibility index (Phi) is 6.49. The highest BCUT2D eigenvalue weighted by Crippen LogP contribution is 2.17. The Balaban J connectivity index is 1.81. The van der Waals surface area contributed by atoms with Gasteiger partial charge in [-0.15, -0.1) is 0 Å². The SMILES string of the molecule is CNC(=O)C1CCCN1C(=O)CNC(=O)c1nn(CC(C)C)c(=O)c2ccccc12. The Hall–Kier alpha value is -3.23. The predicted molar refractivity (Wildman–Crippen MR) is 112 cm³/mol. The minimum absolute atomic E-state index is 0.0999. The zero-order valence-electron chi connectivity index (χ0n) is 17.5. The van der Waals surface area contributed by atoms with E-state index >= 15 is 0 Å². The van der Waals surface area contributed by atoms with Gasteiger partial charge in [0.1, 0.15) is 6.04 Å². The molecule has 30 heavy (non-hydrogen) atoms. The van der Waals surface area contributed by atoms with Gasteiger partial charge in [0.2, 0.25) is 11.8 Å². The minimum atomic E-state index is -0.534. The van der Waals surface area contributed by atoms with E-state index in [0.717, 1.165) is 6.42 Å². The topological polar surface area (TPSA) is 113 Å². The van der Waals surface area contributed by atoms with Crippen LogP contribution in [0.4, 0.5) is 0 Å². The molecule has 1 unspecified atom stereocenters. The van der Waals surface area contributed by atoms with Gasteiger partial charge >= 0.3 is 0 Å². The molecule has 1 atom stereocenters. The van der Waals surface area contributed by atoms with Crippen LogP contribution in [0.2, 0.25) is 0 Å². The molecule has 2 N–H and O–H groups in total. The van der Waals surface area contributed by atoms with E-state index < -0.39 is 11.9 Å². The van der Waals surface area contributed by atoms with Crippen LogP contribution >= 0.6 is 0 Å². The summed E-state index contributed by atoms with van der Waals surface area (Å²) >= 11 is 0. The first-order valence-electron chi connectivity index (χ1n) is 10.1. The number of carbonyl (C=O) groups excluding carboxylic acids is 3. The number of likely N-dealkylation sites (N-methyl/N-ethyl adjacent to an activating group) is 1. The van der Waals surface area contributed by atoms with E-state index in [1.165, 1.54) is 16.6 Å². The van der Waals surface area contributed by atoms with Crippen LogP contribution in [0.1, 0.15) is 37.2 Å². The normalized spacial score (nSPS) is 16.1. The third kappa shape index (κ3) is 4.34. The zero-order valence-corrected chi connectivity index (χ0v) is 17.5. The van der Waals surface area contributed by atoms with Gasteiger partial charge in [-0.2, -0.15) is 5.10 Å². The lowest BCUT2D eigenvalue weighted by atomic mass is 10.1. The summed E-state index contributed by atoms with van der Waals surface area (Å²) in [4.78, 5) is 51.6. The minimum Gasteiger partial charge on any atom is -0.357 e. The number of hydrogen-bond donors (Lipinski definition) is 2. The van der Waals surface area contributed by atoms with Crippen molar-refractivity contribution < 1.29 is 14.4 Å². The largest absolute Gasteiger partial charge is 0.357 e. The first-order chi connectivity index (χ1) is 14.3. The van der Waals surface area contributed by atoms with Gasteiger partial charge in [-0.3, -0.25) is 19.2 Å². The number of likely N-dealkylation sites (tertiary alicyclic amines) is 1. The van der Waals surface area contributed by atoms with Crippen molar-refractivity contribution in [3.8, 4) is 0 Å². The maximum absolute atomic E-state index is 12.9. The van der Waals surface area contributed by atoms with E-state index in [2.05, 4.69) is 15.7 Å². The fourth-order valence-corrected chi connectivity index (χ4v) is 3.72. The highest BCUT2D eigenvalue weighted by molar-refractivity contribution is 6.05. The number of benzene rings is 1. The summed E-state index contributed by atoms with van der Waals surface area (Å²) in [5, 5.41) is 10.3. The molecule has 1 fully saturated rings. The van der Waals surface area contributed by atoms with E-state index in [1.54, 1.807) is 24.3 Å². The molecule has 2 heterocycles. The number of hydrogen-bond acceptors (Lipinski definition) is 5. The van der Waals surface area contributed by atoms with Crippen LogP contribution in [0.5, 0.6) is 0 Å². The second-order valence-corrected chi connectivity index (χ2v) is 7.82. The molecule has 0 saturated carbocycles. The molecule has 0 bridgehead atoms. The lowest BCUT2D eigenvalue weighted by molar-refractivity contribution is -0.137. The van der Waals surface area contributed by atoms with E-state index in [0.29, 0.717) is 30.3 Å². The highest BCUT2D eigenvalue weighted by Gasteiger charge is 2.33. The molecule has 1 aliphatic rings. The van der Waals surface area contributed by atoms with Gasteiger partial charge in [-0.05, 0) is 24.8 Å². The van der Waals surface area contributed by atoms with Gasteiger partial charge in [0.25, 0.3) is 11.5 Å². The average Bonchev–Trinajstić information content (AvgIpc) is 3.23. The summed E-state index contributed by atoms with van der Waals surface area (Å²) in [6.07, 6.45) is 1.34. The van der Waals surface area contributed by atoms with Gasteiger partial charge < -0.3 is 15.5 Å². The molecular formula is C21H27N5O4. The summed E-state index contributed by atoms with van der Waals surface area (Å²) in [5.41, 5.74) is -0.152. The van der Waals surface area contributed by atoms with Crippen molar-refractivity contribution in [1.82, 2.24) is 25.3 Å². The molecule has 3 rings (SSSR count). The van der Waals surface area contributed by atoms with E-state index in [-0.39, 0.29) is 35.5 Å². The number of fused-ring (bicyclic) bond motifs is 1. The third-order valence-corrected chi connectivity index (χ3v) is 5.14. The molecule has 2 aromatic rings. The van der Waals surface area contributed by atoms with Gasteiger partial charge in [-0.25, -0.2) is 4.68 Å². The van der Waals surface area contributed by atoms with Crippen LogP contribution in [0.3, 0.4) is 0 Å². The first kappa shape index (κ1) is 21.5. The average molecular weight is 413 g/mol. The standard InChI is InChI=1S/C21H27N5O4/c1-13(2)12-26-21(30)15-8-5-4-7-14(15)18(24-26)20(29)23-11-17(27)25-10-6-9-16(25)19(28)22-3/h4-5,7-8,13,16H,6,9-12H2,1-3H3,(H,22,28)(H,23,29). The fourth-order valence-electron chi connectivity index (χ4n) is 3.72. The second kappa shape index (κ2) is 9.06. The van der Waals surface area contributed by atoms with E-state index in [9.17, 15) is 19.2 Å². The molecule has 9 heteroatoms. The van der Waals surface area contributed by atoms with Crippen molar-refractivity contribution in [2.45, 2.75) is 39.3 Å². The van der Waals surface area contributed by atoms with Crippen LogP contribution in [0.15, 0.2) is 29.1 Å². The molecule has 0 spiro atoms. The van der Waals surface area contributed by atoms with Crippen molar-refractivity contribution >= 4 is 28.5 Å². The van der Waals surface area contributed by atoms with Crippen LogP contribution in [0, 0.1) is 5.92 Å². The van der Waals surface area contributed by atoms with Crippen LogP contribution in [-0.2, 0) is 16.1 Å². The summed E-state index contributed by atoms with van der Waals surface area (Å²) in [7, 11) is 1.54. The molecule has 3 amide bonds. The molecule has 0 radical (unpaired) electrons. The number of aromatic nitrogens is 2. The zero-order chi connectivity index (χ0) is 21.8. The number of nitrogens with zero attached hydrogens (tertiary/aromatic N) is 3. The van der Waals surface area contributed by atoms with E-state index in [1.807, 2.05) is 13.8 Å². The first-order valence-corrected chi connectivity index (χ1v) is 10.1. The molecule has 1 aromatic heterocycles. The molecular weight excluding hydrogens is 386 g/mol. The van der Waals surface area contributed by atoms with E-state index in [4.69, 9.17) is 0 Å². The van der Waals surface area contributed by atoms with Crippen molar-refractivity contribution in [3.05, 3.63) is 40.3 Å². The van der Waals surface area contributed by atoms with Crippen molar-refractivity contribution in [2.75, 3.05) is 20.1 Å². The smallest absolute Gasteiger partial charge is 0.274 e. The Bertz CT molecular complexity index is 1030. The number of amides is 3. The van der Waals surface area contributed by atoms with Crippen molar-refractivity contribution in [1.29, 1.82) is 0 Å². The van der Waals surface area contributed by atoms with Crippen molar-refractivity contribution in [3.63, 3.8) is 0 Å². The summed E-state index contributed by atoms with van der Waals surface area (Å²) in [6, 6.07) is 6.29. The fraction of sp³-hybridized carbons (Fsp3) is 0.476. The highest BCUT2D eigenvalue weighted by atomic mass is 16.2. The third-order valence-electron chi connectivity index (χ3n) is 5.14. The number of rotatable bonds is 6. The monoisotopic (exact) mass is 413 g/mol.